The molecular formula is C16H11FN2O2. The molecule has 0 bridgehead atoms. The minimum absolute atomic E-state index is 0.127. The molecular weight excluding hydrogens is 271 g/mol. The number of hydrogen-bond donors (Lipinski definition) is 0. The normalized spacial score (nSPS) is 9.52. The zero-order valence-corrected chi connectivity index (χ0v) is 11.3. The number of hydrogen-bond acceptors (Lipinski definition) is 4. The van der Waals surface area contributed by atoms with Gasteiger partial charge in [0.15, 0.2) is 0 Å². The van der Waals surface area contributed by atoms with E-state index >= 15 is 0 Å². The van der Waals surface area contributed by atoms with Crippen LogP contribution in [0.5, 0.6) is 11.5 Å². The van der Waals surface area contributed by atoms with Gasteiger partial charge in [0, 0.05) is 0 Å². The van der Waals surface area contributed by atoms with Gasteiger partial charge in [0.25, 0.3) is 0 Å². The molecule has 0 atom stereocenters. The molecule has 104 valence electrons. The van der Waals surface area contributed by atoms with Crippen LogP contribution in [0.2, 0.25) is 0 Å². The fraction of sp³-hybridized carbons (Fsp3) is 0.125. The van der Waals surface area contributed by atoms with Gasteiger partial charge in [-0.2, -0.15) is 10.5 Å². The molecule has 2 aromatic rings. The molecule has 0 unspecified atom stereocenters. The lowest BCUT2D eigenvalue weighted by molar-refractivity contribution is 0.302. The second-order valence-electron chi connectivity index (χ2n) is 4.16. The van der Waals surface area contributed by atoms with E-state index in [0.717, 1.165) is 5.56 Å². The zero-order chi connectivity index (χ0) is 15.2. The van der Waals surface area contributed by atoms with E-state index in [-0.39, 0.29) is 17.9 Å². The molecule has 0 saturated carbocycles. The van der Waals surface area contributed by atoms with Gasteiger partial charge in [0.2, 0.25) is 0 Å². The van der Waals surface area contributed by atoms with Crippen molar-refractivity contribution in [1.29, 1.82) is 10.5 Å². The van der Waals surface area contributed by atoms with E-state index in [1.54, 1.807) is 24.3 Å². The van der Waals surface area contributed by atoms with Crippen LogP contribution in [-0.2, 0) is 6.61 Å². The number of halogens is 1. The Hall–Kier alpha value is -3.05. The molecule has 0 fully saturated rings. The van der Waals surface area contributed by atoms with Crippen molar-refractivity contribution in [3.8, 4) is 23.6 Å². The quantitative estimate of drug-likeness (QED) is 0.864. The number of rotatable bonds is 4. The summed E-state index contributed by atoms with van der Waals surface area (Å²) in [7, 11) is 1.47. The van der Waals surface area contributed by atoms with Crippen molar-refractivity contribution in [3.05, 3.63) is 58.9 Å². The van der Waals surface area contributed by atoms with E-state index in [9.17, 15) is 4.39 Å². The summed E-state index contributed by atoms with van der Waals surface area (Å²) >= 11 is 0. The molecule has 0 aliphatic rings. The summed E-state index contributed by atoms with van der Waals surface area (Å²) in [6.07, 6.45) is 0. The molecule has 0 N–H and O–H groups in total. The average molecular weight is 282 g/mol. The van der Waals surface area contributed by atoms with Gasteiger partial charge in [0.1, 0.15) is 41.6 Å². The summed E-state index contributed by atoms with van der Waals surface area (Å²) in [6.45, 7) is 0.139. The van der Waals surface area contributed by atoms with Crippen LogP contribution in [0.25, 0.3) is 0 Å². The van der Waals surface area contributed by atoms with Gasteiger partial charge in [-0.1, -0.05) is 12.1 Å². The third-order valence-electron chi connectivity index (χ3n) is 2.87. The number of benzene rings is 2. The van der Waals surface area contributed by atoms with Crippen molar-refractivity contribution >= 4 is 0 Å². The number of nitrogens with zero attached hydrogens (tertiary/aromatic N) is 2. The van der Waals surface area contributed by atoms with Gasteiger partial charge in [-0.25, -0.2) is 4.39 Å². The highest BCUT2D eigenvalue weighted by Crippen LogP contribution is 2.23. The van der Waals surface area contributed by atoms with Crippen LogP contribution in [0.4, 0.5) is 4.39 Å². The molecule has 0 aliphatic carbocycles. The molecule has 0 spiro atoms. The van der Waals surface area contributed by atoms with Gasteiger partial charge in [-0.05, 0) is 29.8 Å². The maximum absolute atomic E-state index is 13.4. The van der Waals surface area contributed by atoms with E-state index in [4.69, 9.17) is 20.0 Å². The second kappa shape index (κ2) is 6.40. The monoisotopic (exact) mass is 282 g/mol. The minimum atomic E-state index is -0.618. The molecule has 0 radical (unpaired) electrons. The van der Waals surface area contributed by atoms with Crippen LogP contribution in [0.3, 0.4) is 0 Å². The molecule has 0 aromatic heterocycles. The fourth-order valence-electron chi connectivity index (χ4n) is 1.81. The molecule has 2 aromatic carbocycles. The lowest BCUT2D eigenvalue weighted by Gasteiger charge is -2.10. The van der Waals surface area contributed by atoms with Crippen molar-refractivity contribution in [2.75, 3.05) is 7.11 Å². The van der Waals surface area contributed by atoms with Crippen molar-refractivity contribution in [1.82, 2.24) is 0 Å². The molecule has 0 amide bonds. The van der Waals surface area contributed by atoms with Gasteiger partial charge in [-0.15, -0.1) is 0 Å². The molecule has 0 heterocycles. The van der Waals surface area contributed by atoms with Crippen LogP contribution in [0.1, 0.15) is 16.7 Å². The molecule has 0 saturated heterocycles. The second-order valence-corrected chi connectivity index (χ2v) is 4.16. The highest BCUT2D eigenvalue weighted by atomic mass is 19.1. The maximum atomic E-state index is 13.4. The molecule has 4 nitrogen and oxygen atoms in total. The van der Waals surface area contributed by atoms with Gasteiger partial charge in [-0.3, -0.25) is 0 Å². The summed E-state index contributed by atoms with van der Waals surface area (Å²) in [5.41, 5.74) is 1.04. The Morgan fingerprint density at radius 2 is 1.90 bits per heavy atom. The Balaban J connectivity index is 2.20. The van der Waals surface area contributed by atoms with Crippen molar-refractivity contribution in [3.63, 3.8) is 0 Å². The molecule has 21 heavy (non-hydrogen) atoms. The van der Waals surface area contributed by atoms with Crippen LogP contribution < -0.4 is 9.47 Å². The standard InChI is InChI=1S/C16H11FN2O2/c1-20-16-7-11(5-6-12(16)8-18)10-21-15-4-2-3-14(17)13(15)9-19/h2-7H,10H2,1H3. The Morgan fingerprint density at radius 3 is 2.57 bits per heavy atom. The van der Waals surface area contributed by atoms with Crippen LogP contribution >= 0.6 is 0 Å². The van der Waals surface area contributed by atoms with E-state index in [1.807, 2.05) is 6.07 Å². The predicted octanol–water partition coefficient (Wildman–Crippen LogP) is 3.16. The third kappa shape index (κ3) is 3.10. The smallest absolute Gasteiger partial charge is 0.144 e. The van der Waals surface area contributed by atoms with Crippen molar-refractivity contribution in [2.45, 2.75) is 6.61 Å². The van der Waals surface area contributed by atoms with Crippen molar-refractivity contribution in [2.24, 2.45) is 0 Å². The summed E-state index contributed by atoms with van der Waals surface area (Å²) in [5, 5.41) is 17.8. The molecule has 2 rings (SSSR count). The van der Waals surface area contributed by atoms with Crippen molar-refractivity contribution < 1.29 is 13.9 Å². The highest BCUT2D eigenvalue weighted by molar-refractivity contribution is 5.46. The van der Waals surface area contributed by atoms with E-state index < -0.39 is 5.82 Å². The topological polar surface area (TPSA) is 66.0 Å². The number of nitriles is 2. The molecule has 0 aliphatic heterocycles. The summed E-state index contributed by atoms with van der Waals surface area (Å²) in [5.74, 6) is 0.00610. The minimum Gasteiger partial charge on any atom is -0.495 e. The Labute approximate surface area is 121 Å². The SMILES string of the molecule is COc1cc(COc2cccc(F)c2C#N)ccc1C#N. The Kier molecular flexibility index (Phi) is 4.38. The van der Waals surface area contributed by atoms with E-state index in [1.165, 1.54) is 25.3 Å². The van der Waals surface area contributed by atoms with Gasteiger partial charge in [0.05, 0.1) is 12.7 Å². The first-order valence-electron chi connectivity index (χ1n) is 6.08. The zero-order valence-electron chi connectivity index (χ0n) is 11.3. The Bertz CT molecular complexity index is 745. The summed E-state index contributed by atoms with van der Waals surface area (Å²) in [6, 6.07) is 13.0. The average Bonchev–Trinajstić information content (AvgIpc) is 2.52. The maximum Gasteiger partial charge on any atom is 0.144 e. The first kappa shape index (κ1) is 14.4. The number of ether oxygens (including phenoxy) is 2. The summed E-state index contributed by atoms with van der Waals surface area (Å²) < 4.78 is 24.0. The first-order chi connectivity index (χ1) is 10.2. The highest BCUT2D eigenvalue weighted by Gasteiger charge is 2.10. The van der Waals surface area contributed by atoms with Crippen LogP contribution in [-0.4, -0.2) is 7.11 Å². The van der Waals surface area contributed by atoms with Gasteiger partial charge >= 0.3 is 0 Å². The first-order valence-corrected chi connectivity index (χ1v) is 6.08. The van der Waals surface area contributed by atoms with E-state index in [2.05, 4.69) is 0 Å². The van der Waals surface area contributed by atoms with Gasteiger partial charge < -0.3 is 9.47 Å². The van der Waals surface area contributed by atoms with Crippen LogP contribution in [0.15, 0.2) is 36.4 Å². The lowest BCUT2D eigenvalue weighted by atomic mass is 10.1. The lowest BCUT2D eigenvalue weighted by Crippen LogP contribution is -2.00. The number of methoxy groups -OCH3 is 1. The Morgan fingerprint density at radius 1 is 1.10 bits per heavy atom. The predicted molar refractivity (Wildman–Crippen MR) is 73.2 cm³/mol. The van der Waals surface area contributed by atoms with E-state index in [0.29, 0.717) is 11.3 Å². The van der Waals surface area contributed by atoms with Crippen LogP contribution in [0, 0.1) is 28.5 Å². The third-order valence-corrected chi connectivity index (χ3v) is 2.87. The fourth-order valence-corrected chi connectivity index (χ4v) is 1.81. The molecule has 5 heteroatoms. The summed E-state index contributed by atoms with van der Waals surface area (Å²) in [4.78, 5) is 0. The largest absolute Gasteiger partial charge is 0.495 e.